The number of benzene rings is 1. The molecular formula is C15H14BrNO2S. The van der Waals surface area contributed by atoms with Crippen molar-refractivity contribution in [3.05, 3.63) is 52.1 Å². The number of carbonyl (C=O) groups excluding carboxylic acids is 1. The van der Waals surface area contributed by atoms with E-state index in [4.69, 9.17) is 4.74 Å². The topological polar surface area (TPSA) is 39.2 Å². The zero-order chi connectivity index (χ0) is 14.5. The molecule has 0 atom stereocenters. The number of aryl methyl sites for hydroxylation is 1. The van der Waals surface area contributed by atoms with Crippen molar-refractivity contribution in [3.63, 3.8) is 0 Å². The van der Waals surface area contributed by atoms with Crippen molar-refractivity contribution >= 4 is 33.5 Å². The summed E-state index contributed by atoms with van der Waals surface area (Å²) in [5.74, 6) is 1.00. The van der Waals surface area contributed by atoms with Crippen molar-refractivity contribution in [1.82, 2.24) is 4.98 Å². The van der Waals surface area contributed by atoms with Crippen LogP contribution in [0.1, 0.15) is 15.9 Å². The van der Waals surface area contributed by atoms with Crippen LogP contribution in [0.3, 0.4) is 0 Å². The summed E-state index contributed by atoms with van der Waals surface area (Å²) < 4.78 is 6.19. The number of nitrogens with zero attached hydrogens (tertiary/aromatic N) is 1. The maximum atomic E-state index is 12.2. The highest BCUT2D eigenvalue weighted by atomic mass is 79.9. The summed E-state index contributed by atoms with van der Waals surface area (Å²) in [5, 5.41) is 0.827. The van der Waals surface area contributed by atoms with E-state index < -0.39 is 0 Å². The molecule has 104 valence electrons. The number of ether oxygens (including phenoxy) is 1. The maximum Gasteiger partial charge on any atom is 0.176 e. The van der Waals surface area contributed by atoms with Crippen molar-refractivity contribution < 1.29 is 9.53 Å². The van der Waals surface area contributed by atoms with E-state index in [0.717, 1.165) is 15.1 Å². The third-order valence-corrected chi connectivity index (χ3v) is 4.12. The first-order valence-electron chi connectivity index (χ1n) is 6.02. The molecule has 20 heavy (non-hydrogen) atoms. The van der Waals surface area contributed by atoms with E-state index in [1.165, 1.54) is 11.8 Å². The molecule has 0 saturated carbocycles. The molecule has 0 radical (unpaired) electrons. The second-order valence-corrected chi connectivity index (χ2v) is 6.14. The number of halogens is 1. The molecule has 0 aliphatic rings. The van der Waals surface area contributed by atoms with Crippen LogP contribution in [0.25, 0.3) is 0 Å². The van der Waals surface area contributed by atoms with Crippen molar-refractivity contribution in [2.75, 3.05) is 12.9 Å². The Morgan fingerprint density at radius 3 is 2.80 bits per heavy atom. The Hall–Kier alpha value is -1.33. The van der Waals surface area contributed by atoms with Crippen LogP contribution in [0, 0.1) is 6.92 Å². The summed E-state index contributed by atoms with van der Waals surface area (Å²) in [4.78, 5) is 16.5. The van der Waals surface area contributed by atoms with Gasteiger partial charge >= 0.3 is 0 Å². The number of pyridine rings is 1. The zero-order valence-corrected chi connectivity index (χ0v) is 13.6. The fourth-order valence-corrected chi connectivity index (χ4v) is 2.65. The van der Waals surface area contributed by atoms with E-state index in [2.05, 4.69) is 20.9 Å². The number of aromatic nitrogens is 1. The smallest absolute Gasteiger partial charge is 0.176 e. The monoisotopic (exact) mass is 351 g/mol. The highest BCUT2D eigenvalue weighted by molar-refractivity contribution is 9.10. The zero-order valence-electron chi connectivity index (χ0n) is 11.2. The van der Waals surface area contributed by atoms with Gasteiger partial charge in [0.2, 0.25) is 0 Å². The van der Waals surface area contributed by atoms with Crippen LogP contribution in [0.4, 0.5) is 0 Å². The second kappa shape index (κ2) is 6.90. The number of ketones is 1. The highest BCUT2D eigenvalue weighted by Gasteiger charge is 2.13. The van der Waals surface area contributed by atoms with Crippen LogP contribution in [-0.4, -0.2) is 23.6 Å². The molecule has 2 rings (SSSR count). The second-order valence-electron chi connectivity index (χ2n) is 4.23. The summed E-state index contributed by atoms with van der Waals surface area (Å²) in [5.41, 5.74) is 1.68. The van der Waals surface area contributed by atoms with Gasteiger partial charge in [-0.15, -0.1) is 0 Å². The van der Waals surface area contributed by atoms with Crippen LogP contribution < -0.4 is 4.74 Å². The number of methoxy groups -OCH3 is 1. The van der Waals surface area contributed by atoms with Gasteiger partial charge in [0.1, 0.15) is 5.75 Å². The molecule has 1 aromatic carbocycles. The van der Waals surface area contributed by atoms with E-state index in [1.54, 1.807) is 13.3 Å². The largest absolute Gasteiger partial charge is 0.496 e. The third kappa shape index (κ3) is 3.84. The average molecular weight is 352 g/mol. The molecule has 0 unspecified atom stereocenters. The number of carbonyl (C=O) groups is 1. The predicted molar refractivity (Wildman–Crippen MR) is 84.7 cm³/mol. The lowest BCUT2D eigenvalue weighted by Gasteiger charge is -2.08. The van der Waals surface area contributed by atoms with E-state index in [9.17, 15) is 4.79 Å². The van der Waals surface area contributed by atoms with E-state index >= 15 is 0 Å². The number of rotatable bonds is 5. The maximum absolute atomic E-state index is 12.2. The summed E-state index contributed by atoms with van der Waals surface area (Å²) in [7, 11) is 1.58. The number of hydrogen-bond donors (Lipinski definition) is 0. The Labute approximate surface area is 130 Å². The summed E-state index contributed by atoms with van der Waals surface area (Å²) in [6, 6.07) is 9.39. The predicted octanol–water partition coefficient (Wildman–Crippen LogP) is 4.14. The van der Waals surface area contributed by atoms with E-state index in [-0.39, 0.29) is 5.78 Å². The molecule has 0 fully saturated rings. The van der Waals surface area contributed by atoms with Crippen LogP contribution in [-0.2, 0) is 0 Å². The molecule has 5 heteroatoms. The van der Waals surface area contributed by atoms with Gasteiger partial charge in [-0.3, -0.25) is 4.79 Å². The van der Waals surface area contributed by atoms with E-state index in [1.807, 2.05) is 37.3 Å². The van der Waals surface area contributed by atoms with Gasteiger partial charge < -0.3 is 4.74 Å². The molecule has 0 N–H and O–H groups in total. The Morgan fingerprint density at radius 2 is 2.15 bits per heavy atom. The van der Waals surface area contributed by atoms with Gasteiger partial charge in [0.25, 0.3) is 0 Å². The van der Waals surface area contributed by atoms with Gasteiger partial charge in [-0.25, -0.2) is 4.98 Å². The Kier molecular flexibility index (Phi) is 5.20. The minimum atomic E-state index is 0.0385. The number of Topliss-reactive ketones (excluding diaryl/α,β-unsaturated/α-hetero) is 1. The van der Waals surface area contributed by atoms with Gasteiger partial charge in [0.05, 0.1) is 23.5 Å². The standard InChI is InChI=1S/C15H14BrNO2S/c1-10-3-5-12(14(7-10)19-2)13(18)9-20-15-6-4-11(16)8-17-15/h3-8H,9H2,1-2H3. The fraction of sp³-hybridized carbons (Fsp3) is 0.200. The molecule has 1 heterocycles. The van der Waals surface area contributed by atoms with Crippen LogP contribution >= 0.6 is 27.7 Å². The highest BCUT2D eigenvalue weighted by Crippen LogP contribution is 2.24. The molecule has 0 aliphatic heterocycles. The van der Waals surface area contributed by atoms with E-state index in [0.29, 0.717) is 17.1 Å². The Bertz CT molecular complexity index is 614. The summed E-state index contributed by atoms with van der Waals surface area (Å²) in [6.45, 7) is 1.97. The van der Waals surface area contributed by atoms with Crippen molar-refractivity contribution in [2.24, 2.45) is 0 Å². The van der Waals surface area contributed by atoms with Gasteiger partial charge in [-0.2, -0.15) is 0 Å². The van der Waals surface area contributed by atoms with Crippen LogP contribution in [0.5, 0.6) is 5.75 Å². The van der Waals surface area contributed by atoms with Gasteiger partial charge in [-0.05, 0) is 52.7 Å². The van der Waals surface area contributed by atoms with Crippen molar-refractivity contribution in [3.8, 4) is 5.75 Å². The molecular weight excluding hydrogens is 338 g/mol. The lowest BCUT2D eigenvalue weighted by atomic mass is 10.1. The molecule has 1 aromatic heterocycles. The van der Waals surface area contributed by atoms with Gasteiger partial charge in [0, 0.05) is 10.7 Å². The summed E-state index contributed by atoms with van der Waals surface area (Å²) >= 11 is 4.75. The number of hydrogen-bond acceptors (Lipinski definition) is 4. The lowest BCUT2D eigenvalue weighted by molar-refractivity contribution is 0.101. The first-order valence-corrected chi connectivity index (χ1v) is 7.80. The molecule has 0 saturated heterocycles. The average Bonchev–Trinajstić information content (AvgIpc) is 2.46. The first-order chi connectivity index (χ1) is 9.60. The molecule has 0 spiro atoms. The minimum absolute atomic E-state index is 0.0385. The normalized spacial score (nSPS) is 10.3. The number of thioether (sulfide) groups is 1. The van der Waals surface area contributed by atoms with Crippen molar-refractivity contribution in [2.45, 2.75) is 11.9 Å². The summed E-state index contributed by atoms with van der Waals surface area (Å²) in [6.07, 6.45) is 1.72. The van der Waals surface area contributed by atoms with Crippen LogP contribution in [0.2, 0.25) is 0 Å². The van der Waals surface area contributed by atoms with Gasteiger partial charge in [0.15, 0.2) is 5.78 Å². The van der Waals surface area contributed by atoms with Crippen LogP contribution in [0.15, 0.2) is 46.0 Å². The first kappa shape index (κ1) is 15.1. The van der Waals surface area contributed by atoms with Crippen molar-refractivity contribution in [1.29, 1.82) is 0 Å². The SMILES string of the molecule is COc1cc(C)ccc1C(=O)CSc1ccc(Br)cn1. The Morgan fingerprint density at radius 1 is 1.35 bits per heavy atom. The van der Waals surface area contributed by atoms with Gasteiger partial charge in [-0.1, -0.05) is 17.8 Å². The molecule has 3 nitrogen and oxygen atoms in total. The Balaban J connectivity index is 2.07. The minimum Gasteiger partial charge on any atom is -0.496 e. The molecule has 2 aromatic rings. The lowest BCUT2D eigenvalue weighted by Crippen LogP contribution is -2.05. The molecule has 0 bridgehead atoms. The fourth-order valence-electron chi connectivity index (χ4n) is 1.69. The quantitative estimate of drug-likeness (QED) is 0.599. The molecule has 0 amide bonds. The molecule has 0 aliphatic carbocycles. The third-order valence-electron chi connectivity index (χ3n) is 2.71.